The number of aryl methyl sites for hydroxylation is 1. The zero-order valence-corrected chi connectivity index (χ0v) is 17.3. The molecule has 1 aromatic carbocycles. The lowest BCUT2D eigenvalue weighted by Gasteiger charge is -2.33. The van der Waals surface area contributed by atoms with Crippen molar-refractivity contribution in [3.05, 3.63) is 53.2 Å². The highest BCUT2D eigenvalue weighted by molar-refractivity contribution is 5.79. The highest BCUT2D eigenvalue weighted by atomic mass is 19.4. The summed E-state index contributed by atoms with van der Waals surface area (Å²) in [5.74, 6) is 1.07. The van der Waals surface area contributed by atoms with Crippen molar-refractivity contribution in [1.29, 1.82) is 0 Å². The van der Waals surface area contributed by atoms with E-state index in [9.17, 15) is 18.0 Å². The number of nitrogens with zero attached hydrogens (tertiary/aromatic N) is 2. The summed E-state index contributed by atoms with van der Waals surface area (Å²) in [6.45, 7) is 5.05. The average Bonchev–Trinajstić information content (AvgIpc) is 2.73. The van der Waals surface area contributed by atoms with E-state index in [1.165, 1.54) is 6.07 Å². The van der Waals surface area contributed by atoms with Gasteiger partial charge >= 0.3 is 6.18 Å². The molecule has 0 radical (unpaired) electrons. The standard InChI is InChI=1S/C22H26F3N3O2/c1-14-4-6-19(30-3)18(12-14)15(2)27-21(29)16-8-10-28(11-9-16)20-7-5-17(13-26-20)22(23,24)25/h4-7,12-13,15-16H,8-11H2,1-3H3,(H,27,29)/t15-/m0/s1. The molecule has 1 saturated heterocycles. The molecule has 8 heteroatoms. The van der Waals surface area contributed by atoms with Crippen LogP contribution in [0.5, 0.6) is 5.75 Å². The van der Waals surface area contributed by atoms with E-state index in [2.05, 4.69) is 10.3 Å². The van der Waals surface area contributed by atoms with Crippen LogP contribution in [0, 0.1) is 12.8 Å². The lowest BCUT2D eigenvalue weighted by atomic mass is 9.95. The Morgan fingerprint density at radius 3 is 2.50 bits per heavy atom. The fourth-order valence-corrected chi connectivity index (χ4v) is 3.71. The van der Waals surface area contributed by atoms with Gasteiger partial charge in [0.15, 0.2) is 0 Å². The summed E-state index contributed by atoms with van der Waals surface area (Å²) < 4.78 is 43.5. The molecule has 1 aliphatic heterocycles. The summed E-state index contributed by atoms with van der Waals surface area (Å²) in [5.41, 5.74) is 1.25. The van der Waals surface area contributed by atoms with E-state index in [-0.39, 0.29) is 17.9 Å². The Labute approximate surface area is 174 Å². The second kappa shape index (κ2) is 8.93. The third kappa shape index (κ3) is 5.04. The first-order valence-electron chi connectivity index (χ1n) is 9.92. The van der Waals surface area contributed by atoms with Gasteiger partial charge in [-0.25, -0.2) is 4.98 Å². The lowest BCUT2D eigenvalue weighted by molar-refractivity contribution is -0.137. The zero-order chi connectivity index (χ0) is 21.9. The van der Waals surface area contributed by atoms with Gasteiger partial charge in [-0.2, -0.15) is 13.2 Å². The molecule has 0 bridgehead atoms. The van der Waals surface area contributed by atoms with Gasteiger partial charge in [-0.3, -0.25) is 4.79 Å². The van der Waals surface area contributed by atoms with E-state index in [0.717, 1.165) is 29.1 Å². The highest BCUT2D eigenvalue weighted by Gasteiger charge is 2.31. The topological polar surface area (TPSA) is 54.5 Å². The van der Waals surface area contributed by atoms with Crippen LogP contribution in [-0.2, 0) is 11.0 Å². The van der Waals surface area contributed by atoms with Crippen molar-refractivity contribution in [2.75, 3.05) is 25.1 Å². The molecule has 0 saturated carbocycles. The van der Waals surface area contributed by atoms with Crippen molar-refractivity contribution in [2.45, 2.75) is 38.9 Å². The molecular weight excluding hydrogens is 395 g/mol. The van der Waals surface area contributed by atoms with Gasteiger partial charge < -0.3 is 15.0 Å². The molecule has 1 aliphatic rings. The number of hydrogen-bond acceptors (Lipinski definition) is 4. The summed E-state index contributed by atoms with van der Waals surface area (Å²) in [6.07, 6.45) is -2.31. The summed E-state index contributed by atoms with van der Waals surface area (Å²) in [6, 6.07) is 8.09. The van der Waals surface area contributed by atoms with E-state index in [1.807, 2.05) is 36.9 Å². The van der Waals surface area contributed by atoms with Crippen LogP contribution in [-0.4, -0.2) is 31.1 Å². The predicted octanol–water partition coefficient (Wildman–Crippen LogP) is 4.51. The van der Waals surface area contributed by atoms with Gasteiger partial charge in [0.25, 0.3) is 0 Å². The first-order chi connectivity index (χ1) is 14.2. The zero-order valence-electron chi connectivity index (χ0n) is 17.3. The van der Waals surface area contributed by atoms with Crippen molar-refractivity contribution < 1.29 is 22.7 Å². The minimum Gasteiger partial charge on any atom is -0.496 e. The number of benzene rings is 1. The third-order valence-electron chi connectivity index (χ3n) is 5.48. The molecule has 0 spiro atoms. The number of aromatic nitrogens is 1. The second-order valence-electron chi connectivity index (χ2n) is 7.64. The van der Waals surface area contributed by atoms with Crippen LogP contribution in [0.15, 0.2) is 36.5 Å². The van der Waals surface area contributed by atoms with Crippen molar-refractivity contribution in [3.63, 3.8) is 0 Å². The summed E-state index contributed by atoms with van der Waals surface area (Å²) in [5, 5.41) is 3.07. The molecule has 0 unspecified atom stereocenters. The van der Waals surface area contributed by atoms with Crippen molar-refractivity contribution in [2.24, 2.45) is 5.92 Å². The molecule has 5 nitrogen and oxygen atoms in total. The van der Waals surface area contributed by atoms with Crippen LogP contribution < -0.4 is 15.0 Å². The number of methoxy groups -OCH3 is 1. The van der Waals surface area contributed by atoms with E-state index < -0.39 is 11.7 Å². The van der Waals surface area contributed by atoms with Crippen molar-refractivity contribution >= 4 is 11.7 Å². The quantitative estimate of drug-likeness (QED) is 0.772. The second-order valence-corrected chi connectivity index (χ2v) is 7.64. The maximum Gasteiger partial charge on any atom is 0.417 e. The molecule has 1 amide bonds. The molecule has 2 heterocycles. The van der Waals surface area contributed by atoms with Gasteiger partial charge in [0.2, 0.25) is 5.91 Å². The number of ether oxygens (including phenoxy) is 1. The monoisotopic (exact) mass is 421 g/mol. The molecule has 2 aromatic rings. The Balaban J connectivity index is 1.57. The highest BCUT2D eigenvalue weighted by Crippen LogP contribution is 2.31. The minimum atomic E-state index is -4.40. The largest absolute Gasteiger partial charge is 0.496 e. The van der Waals surface area contributed by atoms with E-state index >= 15 is 0 Å². The van der Waals surface area contributed by atoms with Crippen LogP contribution in [0.4, 0.5) is 19.0 Å². The smallest absolute Gasteiger partial charge is 0.417 e. The van der Waals surface area contributed by atoms with Gasteiger partial charge in [-0.1, -0.05) is 17.7 Å². The van der Waals surface area contributed by atoms with Gasteiger partial charge in [0.05, 0.1) is 18.7 Å². The molecule has 1 N–H and O–H groups in total. The van der Waals surface area contributed by atoms with Gasteiger partial charge in [-0.05, 0) is 44.9 Å². The van der Waals surface area contributed by atoms with E-state index in [1.54, 1.807) is 7.11 Å². The number of anilines is 1. The molecule has 162 valence electrons. The predicted molar refractivity (Wildman–Crippen MR) is 108 cm³/mol. The Morgan fingerprint density at radius 1 is 1.23 bits per heavy atom. The number of alkyl halides is 3. The Hall–Kier alpha value is -2.77. The van der Waals surface area contributed by atoms with Gasteiger partial charge in [0.1, 0.15) is 11.6 Å². The number of hydrogen-bond donors (Lipinski definition) is 1. The van der Waals surface area contributed by atoms with Crippen molar-refractivity contribution in [3.8, 4) is 5.75 Å². The van der Waals surface area contributed by atoms with E-state index in [4.69, 9.17) is 4.74 Å². The van der Waals surface area contributed by atoms with E-state index in [0.29, 0.717) is 31.7 Å². The molecule has 3 rings (SSSR count). The normalized spacial score (nSPS) is 16.3. The first-order valence-corrected chi connectivity index (χ1v) is 9.92. The molecule has 1 aromatic heterocycles. The number of piperidine rings is 1. The number of halogens is 3. The number of amides is 1. The third-order valence-corrected chi connectivity index (χ3v) is 5.48. The van der Waals surface area contributed by atoms with Crippen LogP contribution in [0.25, 0.3) is 0 Å². The average molecular weight is 421 g/mol. The number of carbonyl (C=O) groups excluding carboxylic acids is 1. The van der Waals surface area contributed by atoms with Crippen molar-refractivity contribution in [1.82, 2.24) is 10.3 Å². The summed E-state index contributed by atoms with van der Waals surface area (Å²) >= 11 is 0. The molecule has 1 atom stereocenters. The summed E-state index contributed by atoms with van der Waals surface area (Å²) in [7, 11) is 1.60. The minimum absolute atomic E-state index is 0.0221. The fourth-order valence-electron chi connectivity index (χ4n) is 3.71. The SMILES string of the molecule is COc1ccc(C)cc1[C@H](C)NC(=O)C1CCN(c2ccc(C(F)(F)F)cn2)CC1. The van der Waals surface area contributed by atoms with Crippen LogP contribution >= 0.6 is 0 Å². The number of pyridine rings is 1. The fraction of sp³-hybridized carbons (Fsp3) is 0.455. The number of carbonyl (C=O) groups is 1. The Bertz CT molecular complexity index is 876. The van der Waals surface area contributed by atoms with Crippen LogP contribution in [0.1, 0.15) is 42.5 Å². The molecule has 0 aliphatic carbocycles. The maximum atomic E-state index is 12.8. The van der Waals surface area contributed by atoms with Crippen LogP contribution in [0.2, 0.25) is 0 Å². The number of rotatable bonds is 5. The maximum absolute atomic E-state index is 12.8. The lowest BCUT2D eigenvalue weighted by Crippen LogP contribution is -2.41. The Morgan fingerprint density at radius 2 is 1.93 bits per heavy atom. The van der Waals surface area contributed by atoms with Gasteiger partial charge in [-0.15, -0.1) is 0 Å². The van der Waals surface area contributed by atoms with Crippen LogP contribution in [0.3, 0.4) is 0 Å². The molecular formula is C22H26F3N3O2. The molecule has 30 heavy (non-hydrogen) atoms. The summed E-state index contributed by atoms with van der Waals surface area (Å²) in [4.78, 5) is 18.6. The number of nitrogens with one attached hydrogen (secondary N) is 1. The molecule has 1 fully saturated rings. The first kappa shape index (κ1) is 21.9. The Kier molecular flexibility index (Phi) is 6.53. The van der Waals surface area contributed by atoms with Gasteiger partial charge in [0, 0.05) is 30.8 Å².